The monoisotopic (exact) mass is 1720 g/mol. The van der Waals surface area contributed by atoms with Crippen LogP contribution in [0, 0.1) is 25.1 Å². The molecule has 0 spiro atoms. The average molecular weight is 1730 g/mol. The third kappa shape index (κ3) is 32.0. The van der Waals surface area contributed by atoms with E-state index in [9.17, 15) is 62.2 Å². The maximum Gasteiger partial charge on any atom is 0.416 e. The van der Waals surface area contributed by atoms with Crippen LogP contribution in [-0.4, -0.2) is 109 Å². The summed E-state index contributed by atoms with van der Waals surface area (Å²) < 4.78 is 198. The Labute approximate surface area is 703 Å². The molecule has 12 aromatic rings. The Morgan fingerprint density at radius 3 is 1.31 bits per heavy atom. The van der Waals surface area contributed by atoms with E-state index in [1.54, 1.807) is 78.3 Å². The van der Waals surface area contributed by atoms with E-state index in [0.717, 1.165) is 87.2 Å². The summed E-state index contributed by atoms with van der Waals surface area (Å²) in [5.41, 5.74) is 8.07. The smallest absolute Gasteiger partial charge is 0.416 e. The minimum absolute atomic E-state index is 0.115. The zero-order chi connectivity index (χ0) is 87.2. The number of aryl methyl sites for hydroxylation is 2. The molecule has 0 saturated heterocycles. The Bertz CT molecular complexity index is 4870. The maximum absolute atomic E-state index is 14.0. The second-order valence-electron chi connectivity index (χ2n) is 28.7. The van der Waals surface area contributed by atoms with Crippen molar-refractivity contribution in [3.05, 3.63) is 348 Å². The number of nitrogens with zero attached hydrogens (tertiary/aromatic N) is 9. The number of hydrogen-bond donors (Lipinski definition) is 1. The fraction of sp³-hybridized carbons (Fsp3) is 0.300. The molecule has 120 heavy (non-hydrogen) atoms. The van der Waals surface area contributed by atoms with Gasteiger partial charge in [0.2, 0.25) is 0 Å². The van der Waals surface area contributed by atoms with E-state index in [0.29, 0.717) is 106 Å². The molecule has 2 atom stereocenters. The number of aliphatic hydroxyl groups excluding tert-OH is 1. The van der Waals surface area contributed by atoms with Gasteiger partial charge in [0.05, 0.1) is 46.9 Å². The molecule has 0 saturated carbocycles. The summed E-state index contributed by atoms with van der Waals surface area (Å²) in [4.78, 5) is 22.7. The van der Waals surface area contributed by atoms with Gasteiger partial charge in [0.1, 0.15) is 54.7 Å². The zero-order valence-corrected chi connectivity index (χ0v) is 68.6. The van der Waals surface area contributed by atoms with Crippen molar-refractivity contribution in [2.45, 2.75) is 117 Å². The van der Waals surface area contributed by atoms with Gasteiger partial charge in [0.15, 0.2) is 0 Å². The van der Waals surface area contributed by atoms with Gasteiger partial charge in [-0.1, -0.05) is 116 Å². The highest BCUT2D eigenvalue weighted by Crippen LogP contribution is 2.36. The van der Waals surface area contributed by atoms with E-state index in [2.05, 4.69) is 67.9 Å². The molecule has 2 unspecified atom stereocenters. The molecular formula is C90H91ClF13N9O5S2. The lowest BCUT2D eigenvalue weighted by atomic mass is 9.93. The van der Waals surface area contributed by atoms with E-state index in [-0.39, 0.29) is 36.7 Å². The second kappa shape index (κ2) is 45.3. The van der Waals surface area contributed by atoms with E-state index in [1.807, 2.05) is 102 Å². The summed E-state index contributed by atoms with van der Waals surface area (Å²) in [7, 11) is 0. The molecule has 4 aromatic heterocycles. The minimum atomic E-state index is -4.42. The first-order valence-electron chi connectivity index (χ1n) is 38.3. The summed E-state index contributed by atoms with van der Waals surface area (Å²) in [6.07, 6.45) is -9.97. The van der Waals surface area contributed by atoms with Gasteiger partial charge in [-0.3, -0.25) is 34.6 Å². The minimum Gasteiger partial charge on any atom is -0.493 e. The molecule has 0 fully saturated rings. The lowest BCUT2D eigenvalue weighted by Crippen LogP contribution is -2.37. The van der Waals surface area contributed by atoms with Crippen LogP contribution in [0.25, 0.3) is 0 Å². The largest absolute Gasteiger partial charge is 0.493 e. The molecule has 12 rings (SSSR count). The summed E-state index contributed by atoms with van der Waals surface area (Å²) in [6.45, 7) is 16.8. The second-order valence-corrected chi connectivity index (χ2v) is 31.0. The molecule has 14 nitrogen and oxygen atoms in total. The van der Waals surface area contributed by atoms with Crippen molar-refractivity contribution in [1.82, 2.24) is 44.7 Å². The van der Waals surface area contributed by atoms with Gasteiger partial charge in [0, 0.05) is 135 Å². The molecular weight excluding hydrogens is 1630 g/mol. The number of aromatic nitrogens is 5. The van der Waals surface area contributed by atoms with Crippen molar-refractivity contribution in [2.24, 2.45) is 5.41 Å². The lowest BCUT2D eigenvalue weighted by molar-refractivity contribution is -0.138. The van der Waals surface area contributed by atoms with Crippen LogP contribution in [0.3, 0.4) is 0 Å². The van der Waals surface area contributed by atoms with Crippen molar-refractivity contribution >= 4 is 34.3 Å². The molecule has 636 valence electrons. The van der Waals surface area contributed by atoms with Gasteiger partial charge in [-0.25, -0.2) is 4.39 Å². The third-order valence-electron chi connectivity index (χ3n) is 18.5. The van der Waals surface area contributed by atoms with E-state index in [1.165, 1.54) is 77.1 Å². The summed E-state index contributed by atoms with van der Waals surface area (Å²) in [5.74, 6) is 1.14. The zero-order valence-electron chi connectivity index (χ0n) is 67.2. The van der Waals surface area contributed by atoms with Gasteiger partial charge >= 0.3 is 24.7 Å². The van der Waals surface area contributed by atoms with E-state index >= 15 is 0 Å². The van der Waals surface area contributed by atoms with E-state index in [4.69, 9.17) is 31.9 Å². The Kier molecular flexibility index (Phi) is 34.7. The first kappa shape index (κ1) is 91.9. The van der Waals surface area contributed by atoms with Crippen LogP contribution in [0.4, 0.5) is 57.1 Å². The Hall–Kier alpha value is -10.4. The summed E-state index contributed by atoms with van der Waals surface area (Å²) in [5, 5.41) is 19.6. The Balaban J connectivity index is 0.000000184. The molecule has 0 amide bonds. The number of thiazole rings is 2. The predicted octanol–water partition coefficient (Wildman–Crippen LogP) is 22.6. The Morgan fingerprint density at radius 2 is 0.875 bits per heavy atom. The van der Waals surface area contributed by atoms with E-state index < -0.39 is 59.1 Å². The quantitative estimate of drug-likeness (QED) is 0.0383. The summed E-state index contributed by atoms with van der Waals surface area (Å²) in [6, 6.07) is 54.9. The van der Waals surface area contributed by atoms with Gasteiger partial charge in [-0.2, -0.15) is 62.9 Å². The molecule has 0 aliphatic heterocycles. The van der Waals surface area contributed by atoms with Crippen LogP contribution in [-0.2, 0) is 70.5 Å². The number of ether oxygens (including phenoxy) is 4. The Morgan fingerprint density at radius 1 is 0.450 bits per heavy atom. The number of aliphatic hydroxyl groups is 1. The van der Waals surface area contributed by atoms with Gasteiger partial charge in [-0.15, -0.1) is 22.7 Å². The topological polar surface area (TPSA) is 135 Å². The molecule has 0 aliphatic carbocycles. The first-order chi connectivity index (χ1) is 57.5. The van der Waals surface area contributed by atoms with Gasteiger partial charge in [0.25, 0.3) is 0 Å². The van der Waals surface area contributed by atoms with Crippen LogP contribution >= 0.6 is 34.3 Å². The van der Waals surface area contributed by atoms with Crippen molar-refractivity contribution in [3.8, 4) is 23.0 Å². The number of alkyl halides is 12. The van der Waals surface area contributed by atoms with Crippen molar-refractivity contribution in [1.29, 1.82) is 0 Å². The highest BCUT2D eigenvalue weighted by atomic mass is 35.5. The third-order valence-corrected chi connectivity index (χ3v) is 20.4. The number of rotatable bonds is 34. The normalized spacial score (nSPS) is 12.8. The van der Waals surface area contributed by atoms with Gasteiger partial charge in [-0.05, 0) is 182 Å². The van der Waals surface area contributed by atoms with Crippen molar-refractivity contribution < 1.29 is 82.5 Å². The SMILES string of the molecule is Cc1ccccc1CN(Cc1cccnn1)CC(C)(C)COc1ccc(C(F)(F)F)cc1.FC(F)(F)c1ccc(OCCN(Cc2cncs2)Cc2ccccc2Cl)cc1.Fc1ccccc1CN(CCOc1ccc(C(F)(F)F)cc1)Cc1cncs1.[2H]C(C)(c1cccnc1)N(Cc1ccccc1C)CC(O)COc1ccc(C(F)(F)F)cc1. The highest BCUT2D eigenvalue weighted by molar-refractivity contribution is 7.09. The molecule has 8 aromatic carbocycles. The molecule has 30 heteroatoms. The van der Waals surface area contributed by atoms with Crippen LogP contribution in [0.2, 0.25) is 5.02 Å². The van der Waals surface area contributed by atoms with Crippen molar-refractivity contribution in [2.75, 3.05) is 52.6 Å². The summed E-state index contributed by atoms with van der Waals surface area (Å²) >= 11 is 9.34. The fourth-order valence-corrected chi connectivity index (χ4v) is 13.6. The van der Waals surface area contributed by atoms with Crippen LogP contribution < -0.4 is 18.9 Å². The average Bonchev–Trinajstić information content (AvgIpc) is 1.53. The number of benzene rings is 8. The fourth-order valence-electron chi connectivity index (χ4n) is 12.1. The molecule has 4 heterocycles. The molecule has 0 bridgehead atoms. The molecule has 1 N–H and O–H groups in total. The van der Waals surface area contributed by atoms with Gasteiger partial charge < -0.3 is 24.1 Å². The first-order valence-corrected chi connectivity index (χ1v) is 39.9. The van der Waals surface area contributed by atoms with Crippen LogP contribution in [0.5, 0.6) is 23.0 Å². The lowest BCUT2D eigenvalue weighted by Gasteiger charge is -2.33. The maximum atomic E-state index is 14.0. The molecule has 0 radical (unpaired) electrons. The number of pyridine rings is 1. The predicted molar refractivity (Wildman–Crippen MR) is 439 cm³/mol. The number of hydrogen-bond acceptors (Lipinski definition) is 16. The standard InChI is InChI=1S/C25H28F3N3O.C25H27F3N2O2.C20H18ClF3N2OS.C20H18F4N2OS/c1-19-7-4-5-8-20(19)15-31(16-22-9-6-14-29-30-22)17-24(2,3)18-32-23-12-10-21(11-13-23)25(26,27)28;1-18-6-3-4-7-21(18)15-30(19(2)20-8-5-13-29-14-20)16-23(31)17-32-24-11-9-22(10-12-24)25(26,27)28;2*21-19-4-2-1-3-15(19)12-26(13-18-11-25-14-28-18)9-10-27-17-7-5-16(6-8-17)20(22,23)24/h4-14H,15-18H2,1-3H3;3-14,19,23,31H,15-17H2,1-2H3;2*1-8,11,14H,9-10,12-13H2/i;19D;;. The van der Waals surface area contributed by atoms with Crippen LogP contribution in [0.1, 0.15) is 105 Å². The number of halogens is 14. The highest BCUT2D eigenvalue weighted by Gasteiger charge is 2.34. The van der Waals surface area contributed by atoms with Crippen LogP contribution in [0.15, 0.2) is 260 Å². The van der Waals surface area contributed by atoms with Crippen molar-refractivity contribution in [3.63, 3.8) is 0 Å². The molecule has 0 aliphatic rings.